The number of rotatable bonds is 4. The second-order valence-electron chi connectivity index (χ2n) is 6.67. The number of halogens is 3. The van der Waals surface area contributed by atoms with Crippen LogP contribution in [0.4, 0.5) is 13.2 Å². The summed E-state index contributed by atoms with van der Waals surface area (Å²) in [6, 6.07) is 0.708. The number of nitrogens with zero attached hydrogens (tertiary/aromatic N) is 1. The van der Waals surface area contributed by atoms with Gasteiger partial charge in [0.2, 0.25) is 0 Å². The zero-order chi connectivity index (χ0) is 15.4. The molecule has 0 saturated carbocycles. The quantitative estimate of drug-likeness (QED) is 0.807. The molecule has 2 unspecified atom stereocenters. The summed E-state index contributed by atoms with van der Waals surface area (Å²) in [6.07, 6.45) is -3.23. The Bertz CT molecular complexity index is 289. The van der Waals surface area contributed by atoms with Gasteiger partial charge in [-0.15, -0.1) is 0 Å². The van der Waals surface area contributed by atoms with Crippen molar-refractivity contribution in [2.24, 2.45) is 5.41 Å². The zero-order valence-corrected chi connectivity index (χ0v) is 12.9. The summed E-state index contributed by atoms with van der Waals surface area (Å²) in [5.74, 6) is 0. The van der Waals surface area contributed by atoms with Crippen LogP contribution in [0.1, 0.15) is 34.1 Å². The van der Waals surface area contributed by atoms with Crippen molar-refractivity contribution in [3.63, 3.8) is 0 Å². The van der Waals surface area contributed by atoms with Crippen LogP contribution in [0, 0.1) is 5.41 Å². The first-order valence-corrected chi connectivity index (χ1v) is 7.21. The molecule has 0 aromatic carbocycles. The van der Waals surface area contributed by atoms with Gasteiger partial charge in [0.05, 0.1) is 6.61 Å². The molecule has 0 bridgehead atoms. The van der Waals surface area contributed by atoms with Crippen molar-refractivity contribution in [3.8, 4) is 0 Å². The molecule has 1 heterocycles. The monoisotopic (exact) mass is 296 g/mol. The SMILES string of the molecule is CC1CCNC(C(C)(C)C)CN1CCOCC(F)(F)F. The number of ether oxygens (including phenoxy) is 1. The average molecular weight is 296 g/mol. The molecule has 0 radical (unpaired) electrons. The van der Waals surface area contributed by atoms with Crippen LogP contribution >= 0.6 is 0 Å². The first-order valence-electron chi connectivity index (χ1n) is 7.21. The second kappa shape index (κ2) is 7.09. The van der Waals surface area contributed by atoms with Crippen molar-refractivity contribution in [2.75, 3.05) is 32.8 Å². The van der Waals surface area contributed by atoms with Gasteiger partial charge < -0.3 is 10.1 Å². The van der Waals surface area contributed by atoms with E-state index in [1.54, 1.807) is 0 Å². The third kappa shape index (κ3) is 6.41. The van der Waals surface area contributed by atoms with E-state index >= 15 is 0 Å². The van der Waals surface area contributed by atoms with E-state index in [1.165, 1.54) is 0 Å². The van der Waals surface area contributed by atoms with Gasteiger partial charge >= 0.3 is 6.18 Å². The summed E-state index contributed by atoms with van der Waals surface area (Å²) in [5.41, 5.74) is 0.134. The Morgan fingerprint density at radius 1 is 1.25 bits per heavy atom. The van der Waals surface area contributed by atoms with E-state index < -0.39 is 12.8 Å². The Balaban J connectivity index is 2.44. The topological polar surface area (TPSA) is 24.5 Å². The molecule has 1 saturated heterocycles. The fourth-order valence-corrected chi connectivity index (χ4v) is 2.39. The highest BCUT2D eigenvalue weighted by Gasteiger charge is 2.31. The molecule has 1 aliphatic heterocycles. The molecule has 1 rings (SSSR count). The van der Waals surface area contributed by atoms with Crippen LogP contribution in [0.2, 0.25) is 0 Å². The Hall–Kier alpha value is -0.330. The van der Waals surface area contributed by atoms with E-state index in [2.05, 4.69) is 37.9 Å². The van der Waals surface area contributed by atoms with Crippen LogP contribution in [0.5, 0.6) is 0 Å². The van der Waals surface area contributed by atoms with Gasteiger partial charge in [-0.2, -0.15) is 13.2 Å². The van der Waals surface area contributed by atoms with E-state index in [1.807, 2.05) is 0 Å². The van der Waals surface area contributed by atoms with Gasteiger partial charge in [0.1, 0.15) is 6.61 Å². The van der Waals surface area contributed by atoms with E-state index in [4.69, 9.17) is 4.74 Å². The molecule has 1 N–H and O–H groups in total. The highest BCUT2D eigenvalue weighted by Crippen LogP contribution is 2.23. The summed E-state index contributed by atoms with van der Waals surface area (Å²) in [4.78, 5) is 2.23. The maximum absolute atomic E-state index is 12.0. The summed E-state index contributed by atoms with van der Waals surface area (Å²) < 4.78 is 40.8. The molecule has 20 heavy (non-hydrogen) atoms. The Morgan fingerprint density at radius 2 is 1.90 bits per heavy atom. The second-order valence-corrected chi connectivity index (χ2v) is 6.67. The van der Waals surface area contributed by atoms with E-state index in [-0.39, 0.29) is 12.0 Å². The predicted molar refractivity (Wildman–Crippen MR) is 73.8 cm³/mol. The summed E-state index contributed by atoms with van der Waals surface area (Å²) in [5, 5.41) is 3.53. The molecular formula is C14H27F3N2O. The molecule has 120 valence electrons. The minimum Gasteiger partial charge on any atom is -0.371 e. The van der Waals surface area contributed by atoms with Crippen LogP contribution in [0.15, 0.2) is 0 Å². The van der Waals surface area contributed by atoms with Crippen molar-refractivity contribution >= 4 is 0 Å². The third-order valence-corrected chi connectivity index (χ3v) is 3.83. The molecule has 0 amide bonds. The molecule has 0 spiro atoms. The average Bonchev–Trinajstić information content (AvgIpc) is 2.45. The normalized spacial score (nSPS) is 26.6. The number of nitrogens with one attached hydrogen (secondary N) is 1. The lowest BCUT2D eigenvalue weighted by Crippen LogP contribution is -2.48. The first kappa shape index (κ1) is 17.7. The minimum absolute atomic E-state index is 0.126. The van der Waals surface area contributed by atoms with Gasteiger partial charge in [0.15, 0.2) is 0 Å². The highest BCUT2D eigenvalue weighted by molar-refractivity contribution is 4.88. The predicted octanol–water partition coefficient (Wildman–Crippen LogP) is 2.66. The molecular weight excluding hydrogens is 269 g/mol. The van der Waals surface area contributed by atoms with Crippen LogP contribution in [0.3, 0.4) is 0 Å². The smallest absolute Gasteiger partial charge is 0.371 e. The summed E-state index contributed by atoms with van der Waals surface area (Å²) in [6.45, 7) is 9.97. The highest BCUT2D eigenvalue weighted by atomic mass is 19.4. The molecule has 1 fully saturated rings. The van der Waals surface area contributed by atoms with E-state index in [0.29, 0.717) is 18.6 Å². The lowest BCUT2D eigenvalue weighted by molar-refractivity contribution is -0.174. The number of alkyl halides is 3. The maximum Gasteiger partial charge on any atom is 0.411 e. The fourth-order valence-electron chi connectivity index (χ4n) is 2.39. The number of hydrogen-bond acceptors (Lipinski definition) is 3. The molecule has 1 aliphatic rings. The summed E-state index contributed by atoms with van der Waals surface area (Å²) in [7, 11) is 0. The van der Waals surface area contributed by atoms with Crippen LogP contribution in [0.25, 0.3) is 0 Å². The van der Waals surface area contributed by atoms with Gasteiger partial charge in [0, 0.05) is 25.2 Å². The Kier molecular flexibility index (Phi) is 6.28. The third-order valence-electron chi connectivity index (χ3n) is 3.83. The van der Waals surface area contributed by atoms with Crippen molar-refractivity contribution < 1.29 is 17.9 Å². The van der Waals surface area contributed by atoms with Gasteiger partial charge in [0.25, 0.3) is 0 Å². The van der Waals surface area contributed by atoms with Crippen LogP contribution in [-0.2, 0) is 4.74 Å². The molecule has 2 atom stereocenters. The Morgan fingerprint density at radius 3 is 2.45 bits per heavy atom. The van der Waals surface area contributed by atoms with E-state index in [9.17, 15) is 13.2 Å². The summed E-state index contributed by atoms with van der Waals surface area (Å²) >= 11 is 0. The van der Waals surface area contributed by atoms with Gasteiger partial charge in [-0.25, -0.2) is 0 Å². The van der Waals surface area contributed by atoms with Crippen molar-refractivity contribution in [1.82, 2.24) is 10.2 Å². The molecule has 0 aromatic rings. The van der Waals surface area contributed by atoms with Crippen molar-refractivity contribution in [3.05, 3.63) is 0 Å². The Labute approximate surface area is 119 Å². The van der Waals surface area contributed by atoms with E-state index in [0.717, 1.165) is 19.5 Å². The first-order chi connectivity index (χ1) is 9.09. The minimum atomic E-state index is -4.24. The fraction of sp³-hybridized carbons (Fsp3) is 1.00. The standard InChI is InChI=1S/C14H27F3N2O/c1-11-5-6-18-12(13(2,3)4)9-19(11)7-8-20-10-14(15,16)17/h11-12,18H,5-10H2,1-4H3. The van der Waals surface area contributed by atoms with Crippen molar-refractivity contribution in [1.29, 1.82) is 0 Å². The van der Waals surface area contributed by atoms with Crippen LogP contribution in [-0.4, -0.2) is 56.0 Å². The number of hydrogen-bond donors (Lipinski definition) is 1. The molecule has 0 aromatic heterocycles. The molecule has 6 heteroatoms. The van der Waals surface area contributed by atoms with Crippen LogP contribution < -0.4 is 5.32 Å². The van der Waals surface area contributed by atoms with Gasteiger partial charge in [-0.1, -0.05) is 20.8 Å². The largest absolute Gasteiger partial charge is 0.411 e. The molecule has 3 nitrogen and oxygen atoms in total. The lowest BCUT2D eigenvalue weighted by atomic mass is 9.86. The lowest BCUT2D eigenvalue weighted by Gasteiger charge is -2.35. The van der Waals surface area contributed by atoms with Gasteiger partial charge in [-0.3, -0.25) is 4.90 Å². The van der Waals surface area contributed by atoms with Crippen molar-refractivity contribution in [2.45, 2.75) is 52.4 Å². The van der Waals surface area contributed by atoms with Gasteiger partial charge in [-0.05, 0) is 25.3 Å². The molecule has 0 aliphatic carbocycles. The maximum atomic E-state index is 12.0. The zero-order valence-electron chi connectivity index (χ0n) is 12.9.